The highest BCUT2D eigenvalue weighted by atomic mass is 32.2. The van der Waals surface area contributed by atoms with E-state index in [4.69, 9.17) is 5.26 Å². The van der Waals surface area contributed by atoms with Crippen LogP contribution < -0.4 is 5.32 Å². The number of likely N-dealkylation sites (tertiary alicyclic amines) is 1. The zero-order chi connectivity index (χ0) is 24.8. The van der Waals surface area contributed by atoms with E-state index in [2.05, 4.69) is 21.3 Å². The van der Waals surface area contributed by atoms with E-state index in [1.807, 2.05) is 12.1 Å². The van der Waals surface area contributed by atoms with Crippen LogP contribution in [0.5, 0.6) is 0 Å². The monoisotopic (exact) mass is 489 g/mol. The minimum absolute atomic E-state index is 0.0539. The summed E-state index contributed by atoms with van der Waals surface area (Å²) in [4.78, 5) is 45.5. The molecule has 0 bridgehead atoms. The lowest BCUT2D eigenvalue weighted by Crippen LogP contribution is -2.33. The average Bonchev–Trinajstić information content (AvgIpc) is 3.24. The van der Waals surface area contributed by atoms with Crippen LogP contribution in [0.1, 0.15) is 47.2 Å². The number of hydrogen-bond acceptors (Lipinski definition) is 6. The van der Waals surface area contributed by atoms with Gasteiger partial charge in [-0.2, -0.15) is 10.3 Å². The van der Waals surface area contributed by atoms with Gasteiger partial charge in [0.2, 0.25) is 5.91 Å². The number of nitriles is 1. The summed E-state index contributed by atoms with van der Waals surface area (Å²) >= 11 is 1.38. The first kappa shape index (κ1) is 24.5. The Hall–Kier alpha value is -3.64. The fourth-order valence-corrected chi connectivity index (χ4v) is 5.17. The van der Waals surface area contributed by atoms with Crippen LogP contribution in [0.15, 0.2) is 53.5 Å². The van der Waals surface area contributed by atoms with Gasteiger partial charge in [-0.05, 0) is 61.2 Å². The van der Waals surface area contributed by atoms with Gasteiger partial charge < -0.3 is 15.1 Å². The van der Waals surface area contributed by atoms with Gasteiger partial charge in [-0.15, -0.1) is 0 Å². The predicted molar refractivity (Wildman–Crippen MR) is 136 cm³/mol. The summed E-state index contributed by atoms with van der Waals surface area (Å²) in [6, 6.07) is 15.9. The normalized spacial score (nSPS) is 17.5. The molecule has 1 unspecified atom stereocenters. The standard InChI is InChI=1S/C26H27N5O3S/c1-30(17-19-7-5-18(16-27)6-8-19)25(34)20-9-11-21(12-10-20)28-23(32)15-22-24(33)29-26(35-22)31-13-3-2-4-14-31/h5-12,22H,2-4,13-15,17H2,1H3,(H,28,32). The summed E-state index contributed by atoms with van der Waals surface area (Å²) in [6.07, 6.45) is 3.45. The molecule has 0 aromatic heterocycles. The molecule has 1 N–H and O–H groups in total. The maximum atomic E-state index is 12.8. The molecule has 2 aromatic carbocycles. The fraction of sp³-hybridized carbons (Fsp3) is 0.346. The van der Waals surface area contributed by atoms with Crippen molar-refractivity contribution in [3.63, 3.8) is 0 Å². The van der Waals surface area contributed by atoms with Gasteiger partial charge in [0.1, 0.15) is 5.25 Å². The van der Waals surface area contributed by atoms with Crippen molar-refractivity contribution in [1.82, 2.24) is 9.80 Å². The third-order valence-electron chi connectivity index (χ3n) is 5.99. The molecule has 9 heteroatoms. The summed E-state index contributed by atoms with van der Waals surface area (Å²) in [6.45, 7) is 2.23. The summed E-state index contributed by atoms with van der Waals surface area (Å²) in [5.41, 5.74) is 2.57. The molecular weight excluding hydrogens is 462 g/mol. The van der Waals surface area contributed by atoms with Crippen molar-refractivity contribution in [2.75, 3.05) is 25.5 Å². The van der Waals surface area contributed by atoms with Crippen LogP contribution in [0.3, 0.4) is 0 Å². The Morgan fingerprint density at radius 1 is 1.11 bits per heavy atom. The molecule has 0 spiro atoms. The second kappa shape index (κ2) is 11.2. The SMILES string of the molecule is CN(Cc1ccc(C#N)cc1)C(=O)c1ccc(NC(=O)CC2SC(N3CCCCC3)=NC2=O)cc1. The molecule has 8 nitrogen and oxygen atoms in total. The summed E-state index contributed by atoms with van der Waals surface area (Å²) in [7, 11) is 1.72. The second-order valence-corrected chi connectivity index (χ2v) is 9.86. The lowest BCUT2D eigenvalue weighted by atomic mass is 10.1. The van der Waals surface area contributed by atoms with Gasteiger partial charge in [0, 0.05) is 44.4 Å². The number of nitrogens with one attached hydrogen (secondary N) is 1. The van der Waals surface area contributed by atoms with E-state index >= 15 is 0 Å². The zero-order valence-electron chi connectivity index (χ0n) is 19.6. The van der Waals surface area contributed by atoms with Gasteiger partial charge in [0.05, 0.1) is 11.6 Å². The molecule has 2 aliphatic heterocycles. The third kappa shape index (κ3) is 6.28. The smallest absolute Gasteiger partial charge is 0.262 e. The largest absolute Gasteiger partial charge is 0.351 e. The molecule has 0 aliphatic carbocycles. The number of amidine groups is 1. The van der Waals surface area contributed by atoms with Crippen LogP contribution in [-0.4, -0.2) is 58.1 Å². The lowest BCUT2D eigenvalue weighted by Gasteiger charge is -2.27. The Morgan fingerprint density at radius 2 is 1.80 bits per heavy atom. The molecular formula is C26H27N5O3S. The highest BCUT2D eigenvalue weighted by Gasteiger charge is 2.33. The molecule has 2 aromatic rings. The maximum Gasteiger partial charge on any atom is 0.262 e. The summed E-state index contributed by atoms with van der Waals surface area (Å²) < 4.78 is 0. The number of amides is 3. The fourth-order valence-electron chi connectivity index (χ4n) is 4.06. The van der Waals surface area contributed by atoms with Crippen LogP contribution in [0, 0.1) is 11.3 Å². The van der Waals surface area contributed by atoms with Crippen molar-refractivity contribution in [3.8, 4) is 6.07 Å². The first-order valence-electron chi connectivity index (χ1n) is 11.6. The van der Waals surface area contributed by atoms with Crippen molar-refractivity contribution in [1.29, 1.82) is 5.26 Å². The van der Waals surface area contributed by atoms with Gasteiger partial charge in [-0.3, -0.25) is 14.4 Å². The Balaban J connectivity index is 1.27. The number of nitrogens with zero attached hydrogens (tertiary/aromatic N) is 4. The van der Waals surface area contributed by atoms with E-state index in [0.29, 0.717) is 23.4 Å². The highest BCUT2D eigenvalue weighted by Crippen LogP contribution is 2.29. The second-order valence-electron chi connectivity index (χ2n) is 8.69. The summed E-state index contributed by atoms with van der Waals surface area (Å²) in [5.74, 6) is -0.664. The van der Waals surface area contributed by atoms with Crippen molar-refractivity contribution in [2.45, 2.75) is 37.5 Å². The van der Waals surface area contributed by atoms with Crippen molar-refractivity contribution < 1.29 is 14.4 Å². The Bertz CT molecular complexity index is 1160. The van der Waals surface area contributed by atoms with Gasteiger partial charge in [0.15, 0.2) is 5.17 Å². The van der Waals surface area contributed by atoms with Gasteiger partial charge in [0.25, 0.3) is 11.8 Å². The van der Waals surface area contributed by atoms with Gasteiger partial charge in [-0.1, -0.05) is 23.9 Å². The molecule has 180 valence electrons. The zero-order valence-corrected chi connectivity index (χ0v) is 20.4. The van der Waals surface area contributed by atoms with Gasteiger partial charge in [-0.25, -0.2) is 0 Å². The molecule has 1 saturated heterocycles. The van der Waals surface area contributed by atoms with E-state index in [1.165, 1.54) is 18.2 Å². The number of piperidine rings is 1. The van der Waals surface area contributed by atoms with E-state index in [0.717, 1.165) is 36.7 Å². The van der Waals surface area contributed by atoms with Crippen LogP contribution in [0.25, 0.3) is 0 Å². The first-order chi connectivity index (χ1) is 16.9. The first-order valence-corrected chi connectivity index (χ1v) is 12.5. The number of anilines is 1. The number of carbonyl (C=O) groups is 3. The number of thioether (sulfide) groups is 1. The Morgan fingerprint density at radius 3 is 2.46 bits per heavy atom. The molecule has 2 heterocycles. The minimum atomic E-state index is -0.497. The van der Waals surface area contributed by atoms with E-state index < -0.39 is 5.25 Å². The average molecular weight is 490 g/mol. The van der Waals surface area contributed by atoms with Crippen LogP contribution >= 0.6 is 11.8 Å². The van der Waals surface area contributed by atoms with E-state index in [9.17, 15) is 14.4 Å². The lowest BCUT2D eigenvalue weighted by molar-refractivity contribution is -0.121. The number of benzene rings is 2. The van der Waals surface area contributed by atoms with Crippen LogP contribution in [0.4, 0.5) is 5.69 Å². The van der Waals surface area contributed by atoms with Crippen LogP contribution in [0.2, 0.25) is 0 Å². The van der Waals surface area contributed by atoms with E-state index in [1.54, 1.807) is 48.3 Å². The number of carbonyl (C=O) groups excluding carboxylic acids is 3. The number of aliphatic imine (C=N–C) groups is 1. The molecule has 2 aliphatic rings. The molecule has 1 atom stereocenters. The summed E-state index contributed by atoms with van der Waals surface area (Å²) in [5, 5.41) is 12.0. The number of rotatable bonds is 6. The maximum absolute atomic E-state index is 12.8. The predicted octanol–water partition coefficient (Wildman–Crippen LogP) is 3.64. The van der Waals surface area contributed by atoms with Gasteiger partial charge >= 0.3 is 0 Å². The third-order valence-corrected chi connectivity index (χ3v) is 7.20. The Labute approximate surface area is 209 Å². The minimum Gasteiger partial charge on any atom is -0.351 e. The number of hydrogen-bond donors (Lipinski definition) is 1. The topological polar surface area (TPSA) is 106 Å². The quantitative estimate of drug-likeness (QED) is 0.664. The highest BCUT2D eigenvalue weighted by molar-refractivity contribution is 8.15. The molecule has 0 radical (unpaired) electrons. The molecule has 35 heavy (non-hydrogen) atoms. The molecule has 1 fully saturated rings. The molecule has 3 amide bonds. The van der Waals surface area contributed by atoms with Crippen LogP contribution in [-0.2, 0) is 16.1 Å². The van der Waals surface area contributed by atoms with Crippen molar-refractivity contribution in [2.24, 2.45) is 4.99 Å². The molecule has 4 rings (SSSR count). The molecule has 0 saturated carbocycles. The Kier molecular flexibility index (Phi) is 7.83. The van der Waals surface area contributed by atoms with Crippen molar-refractivity contribution in [3.05, 3.63) is 65.2 Å². The van der Waals surface area contributed by atoms with Crippen molar-refractivity contribution >= 4 is 40.3 Å². The van der Waals surface area contributed by atoms with E-state index in [-0.39, 0.29) is 24.1 Å².